The van der Waals surface area contributed by atoms with Gasteiger partial charge in [-0.15, -0.1) is 0 Å². The number of hydrogen-bond acceptors (Lipinski definition) is 2. The van der Waals surface area contributed by atoms with Gasteiger partial charge in [0.05, 0.1) is 12.8 Å². The van der Waals surface area contributed by atoms with Crippen molar-refractivity contribution in [1.82, 2.24) is 0 Å². The van der Waals surface area contributed by atoms with E-state index in [9.17, 15) is 19.8 Å². The summed E-state index contributed by atoms with van der Waals surface area (Å²) in [6, 6.07) is 0. The highest BCUT2D eigenvalue weighted by atomic mass is 16.4. The Labute approximate surface area is 107 Å². The molecule has 1 saturated carbocycles. The molecule has 0 aromatic rings. The van der Waals surface area contributed by atoms with Gasteiger partial charge >= 0.3 is 11.9 Å². The first kappa shape index (κ1) is 13.1. The molecule has 0 amide bonds. The molecule has 18 heavy (non-hydrogen) atoms. The average molecular weight is 252 g/mol. The standard InChI is InChI=1S/C14H20O4/c15-11(16)9-13-5-1-2-6-14(13,10-12(17)18)8-4-3-7-13/h1-2H,3-10H2,(H,15,16)(H,17,18)/t13-,14+. The van der Waals surface area contributed by atoms with Crippen LogP contribution in [0.4, 0.5) is 0 Å². The van der Waals surface area contributed by atoms with Crippen LogP contribution in [0.2, 0.25) is 0 Å². The molecule has 4 nitrogen and oxygen atoms in total. The van der Waals surface area contributed by atoms with Crippen LogP contribution in [-0.2, 0) is 9.59 Å². The predicted molar refractivity (Wildman–Crippen MR) is 66.2 cm³/mol. The van der Waals surface area contributed by atoms with Gasteiger partial charge < -0.3 is 10.2 Å². The number of carboxylic acids is 2. The summed E-state index contributed by atoms with van der Waals surface area (Å²) in [5.74, 6) is -1.61. The van der Waals surface area contributed by atoms with Crippen molar-refractivity contribution in [3.63, 3.8) is 0 Å². The fourth-order valence-corrected chi connectivity index (χ4v) is 3.99. The van der Waals surface area contributed by atoms with Crippen molar-refractivity contribution < 1.29 is 19.8 Å². The molecule has 4 heteroatoms. The van der Waals surface area contributed by atoms with E-state index >= 15 is 0 Å². The topological polar surface area (TPSA) is 74.6 Å². The Balaban J connectivity index is 2.37. The minimum Gasteiger partial charge on any atom is -0.481 e. The molecule has 0 bridgehead atoms. The van der Waals surface area contributed by atoms with Crippen LogP contribution in [0.1, 0.15) is 51.4 Å². The maximum atomic E-state index is 11.2. The molecule has 0 aliphatic heterocycles. The van der Waals surface area contributed by atoms with Crippen LogP contribution in [0.15, 0.2) is 12.2 Å². The van der Waals surface area contributed by atoms with Crippen molar-refractivity contribution in [2.45, 2.75) is 51.4 Å². The second-order valence-corrected chi connectivity index (χ2v) is 5.79. The van der Waals surface area contributed by atoms with E-state index < -0.39 is 11.9 Å². The van der Waals surface area contributed by atoms with Gasteiger partial charge in [-0.05, 0) is 36.5 Å². The lowest BCUT2D eigenvalue weighted by molar-refractivity contribution is -0.153. The third kappa shape index (κ3) is 2.16. The monoisotopic (exact) mass is 252 g/mol. The normalized spacial score (nSPS) is 34.9. The van der Waals surface area contributed by atoms with E-state index in [1.54, 1.807) is 0 Å². The van der Waals surface area contributed by atoms with E-state index in [-0.39, 0.29) is 23.7 Å². The fourth-order valence-electron chi connectivity index (χ4n) is 3.99. The molecule has 100 valence electrons. The Bertz CT molecular complexity index is 351. The first-order valence-electron chi connectivity index (χ1n) is 6.58. The summed E-state index contributed by atoms with van der Waals surface area (Å²) in [5, 5.41) is 18.4. The van der Waals surface area contributed by atoms with Crippen LogP contribution in [-0.4, -0.2) is 22.2 Å². The van der Waals surface area contributed by atoms with E-state index in [4.69, 9.17) is 0 Å². The second kappa shape index (κ2) is 4.75. The van der Waals surface area contributed by atoms with Gasteiger partial charge in [-0.25, -0.2) is 0 Å². The molecular weight excluding hydrogens is 232 g/mol. The molecule has 0 radical (unpaired) electrons. The lowest BCUT2D eigenvalue weighted by atomic mass is 9.49. The first-order valence-corrected chi connectivity index (χ1v) is 6.58. The highest BCUT2D eigenvalue weighted by Gasteiger charge is 2.54. The van der Waals surface area contributed by atoms with Gasteiger partial charge in [-0.3, -0.25) is 9.59 Å². The van der Waals surface area contributed by atoms with E-state index in [0.717, 1.165) is 25.7 Å². The minimum atomic E-state index is -0.804. The SMILES string of the molecule is O=C(O)C[C@@]12CC=CC[C@]1(CC(=O)O)CCCC2. The molecule has 0 heterocycles. The van der Waals surface area contributed by atoms with Crippen LogP contribution in [0.25, 0.3) is 0 Å². The van der Waals surface area contributed by atoms with Gasteiger partial charge in [0.25, 0.3) is 0 Å². The number of aliphatic carboxylic acids is 2. The number of fused-ring (bicyclic) bond motifs is 1. The Morgan fingerprint density at radius 2 is 1.28 bits per heavy atom. The maximum Gasteiger partial charge on any atom is 0.303 e. The van der Waals surface area contributed by atoms with Crippen molar-refractivity contribution in [1.29, 1.82) is 0 Å². The number of rotatable bonds is 4. The highest BCUT2D eigenvalue weighted by molar-refractivity contribution is 5.70. The van der Waals surface area contributed by atoms with Crippen LogP contribution >= 0.6 is 0 Å². The number of carboxylic acid groups (broad SMARTS) is 2. The van der Waals surface area contributed by atoms with Crippen LogP contribution in [0, 0.1) is 10.8 Å². The largest absolute Gasteiger partial charge is 0.481 e. The van der Waals surface area contributed by atoms with E-state index in [1.165, 1.54) is 0 Å². The molecule has 2 aliphatic rings. The van der Waals surface area contributed by atoms with E-state index in [0.29, 0.717) is 12.8 Å². The Morgan fingerprint density at radius 1 is 0.889 bits per heavy atom. The molecule has 0 aromatic carbocycles. The second-order valence-electron chi connectivity index (χ2n) is 5.79. The molecule has 0 spiro atoms. The lowest BCUT2D eigenvalue weighted by Crippen LogP contribution is -2.48. The van der Waals surface area contributed by atoms with E-state index in [2.05, 4.69) is 0 Å². The van der Waals surface area contributed by atoms with Crippen molar-refractivity contribution in [2.24, 2.45) is 10.8 Å². The number of hydrogen-bond donors (Lipinski definition) is 2. The maximum absolute atomic E-state index is 11.2. The molecule has 2 rings (SSSR count). The molecule has 2 N–H and O–H groups in total. The van der Waals surface area contributed by atoms with Crippen LogP contribution in [0.5, 0.6) is 0 Å². The molecule has 0 unspecified atom stereocenters. The summed E-state index contributed by atoms with van der Waals surface area (Å²) in [6.07, 6.45) is 9.43. The molecule has 1 fully saturated rings. The molecule has 0 saturated heterocycles. The van der Waals surface area contributed by atoms with Gasteiger partial charge in [0.1, 0.15) is 0 Å². The van der Waals surface area contributed by atoms with Gasteiger partial charge in [0.15, 0.2) is 0 Å². The first-order chi connectivity index (χ1) is 8.50. The zero-order valence-electron chi connectivity index (χ0n) is 10.5. The van der Waals surface area contributed by atoms with Gasteiger partial charge in [-0.1, -0.05) is 25.0 Å². The third-order valence-electron chi connectivity index (χ3n) is 4.85. The van der Waals surface area contributed by atoms with Crippen molar-refractivity contribution >= 4 is 11.9 Å². The van der Waals surface area contributed by atoms with E-state index in [1.807, 2.05) is 12.2 Å². The predicted octanol–water partition coefficient (Wildman–Crippen LogP) is 2.83. The van der Waals surface area contributed by atoms with Crippen molar-refractivity contribution in [3.8, 4) is 0 Å². The van der Waals surface area contributed by atoms with Crippen molar-refractivity contribution in [3.05, 3.63) is 12.2 Å². The fraction of sp³-hybridized carbons (Fsp3) is 0.714. The smallest absolute Gasteiger partial charge is 0.303 e. The number of carbonyl (C=O) groups is 2. The molecule has 2 aliphatic carbocycles. The zero-order valence-corrected chi connectivity index (χ0v) is 10.5. The average Bonchev–Trinajstić information content (AvgIpc) is 2.27. The van der Waals surface area contributed by atoms with Gasteiger partial charge in [-0.2, -0.15) is 0 Å². The molecular formula is C14H20O4. The van der Waals surface area contributed by atoms with Gasteiger partial charge in [0.2, 0.25) is 0 Å². The highest BCUT2D eigenvalue weighted by Crippen LogP contribution is 2.60. The summed E-state index contributed by atoms with van der Waals surface area (Å²) in [7, 11) is 0. The van der Waals surface area contributed by atoms with Gasteiger partial charge in [0, 0.05) is 0 Å². The summed E-state index contributed by atoms with van der Waals surface area (Å²) in [4.78, 5) is 22.3. The summed E-state index contributed by atoms with van der Waals surface area (Å²) in [5.41, 5.74) is -0.686. The Morgan fingerprint density at radius 3 is 1.61 bits per heavy atom. The molecule has 2 atom stereocenters. The number of allylic oxidation sites excluding steroid dienone is 2. The van der Waals surface area contributed by atoms with Crippen molar-refractivity contribution in [2.75, 3.05) is 0 Å². The minimum absolute atomic E-state index is 0.102. The third-order valence-corrected chi connectivity index (χ3v) is 4.85. The summed E-state index contributed by atoms with van der Waals surface area (Å²) >= 11 is 0. The van der Waals surface area contributed by atoms with Crippen LogP contribution in [0.3, 0.4) is 0 Å². The van der Waals surface area contributed by atoms with Crippen LogP contribution < -0.4 is 0 Å². The summed E-state index contributed by atoms with van der Waals surface area (Å²) < 4.78 is 0. The summed E-state index contributed by atoms with van der Waals surface area (Å²) in [6.45, 7) is 0. The zero-order chi connectivity index (χ0) is 13.2. The lowest BCUT2D eigenvalue weighted by Gasteiger charge is -2.54. The Kier molecular flexibility index (Phi) is 3.46. The Hall–Kier alpha value is -1.32. The molecule has 0 aromatic heterocycles. The quantitative estimate of drug-likeness (QED) is 0.754.